The van der Waals surface area contributed by atoms with Gasteiger partial charge in [0.25, 0.3) is 0 Å². The Morgan fingerprint density at radius 3 is 1.96 bits per heavy atom. The van der Waals surface area contributed by atoms with Crippen LogP contribution in [-0.2, 0) is 33.3 Å². The third-order valence-electron chi connectivity index (χ3n) is 2.72. The van der Waals surface area contributed by atoms with E-state index in [0.717, 1.165) is 0 Å². The molecule has 25 heavy (non-hydrogen) atoms. The Hall–Kier alpha value is -1.22. The molecule has 0 aliphatic heterocycles. The zero-order valence-corrected chi connectivity index (χ0v) is 15.9. The highest BCUT2D eigenvalue weighted by molar-refractivity contribution is 5.75. The zero-order chi connectivity index (χ0) is 19.0. The molecule has 0 aliphatic carbocycles. The van der Waals surface area contributed by atoms with Crippen molar-refractivity contribution in [1.82, 2.24) is 5.32 Å². The molecule has 0 heterocycles. The van der Waals surface area contributed by atoms with Gasteiger partial charge < -0.3 is 29.0 Å². The minimum absolute atomic E-state index is 0.0744. The number of hydrogen-bond acceptors (Lipinski definition) is 7. The van der Waals surface area contributed by atoms with Gasteiger partial charge in [-0.15, -0.1) is 0 Å². The summed E-state index contributed by atoms with van der Waals surface area (Å²) in [5.41, 5.74) is -0.472. The van der Waals surface area contributed by atoms with Gasteiger partial charge >= 0.3 is 5.97 Å². The Labute approximate surface area is 150 Å². The van der Waals surface area contributed by atoms with Gasteiger partial charge in [-0.2, -0.15) is 0 Å². The molecular formula is C17H33NO7. The number of carbonyl (C=O) groups excluding carboxylic acids is 2. The van der Waals surface area contributed by atoms with E-state index in [9.17, 15) is 9.59 Å². The summed E-state index contributed by atoms with van der Waals surface area (Å²) in [6.07, 6.45) is 0.539. The van der Waals surface area contributed by atoms with Gasteiger partial charge in [-0.3, -0.25) is 9.59 Å². The Kier molecular flexibility index (Phi) is 14.3. The molecule has 0 aromatic rings. The lowest BCUT2D eigenvalue weighted by Gasteiger charge is -2.19. The van der Waals surface area contributed by atoms with Crippen molar-refractivity contribution < 1.29 is 33.3 Å². The molecule has 0 saturated heterocycles. The van der Waals surface area contributed by atoms with Crippen molar-refractivity contribution in [3.05, 3.63) is 0 Å². The summed E-state index contributed by atoms with van der Waals surface area (Å²) in [6, 6.07) is 0. The average molecular weight is 363 g/mol. The molecule has 148 valence electrons. The van der Waals surface area contributed by atoms with Gasteiger partial charge in [0.1, 0.15) is 5.60 Å². The predicted molar refractivity (Wildman–Crippen MR) is 92.4 cm³/mol. The summed E-state index contributed by atoms with van der Waals surface area (Å²) in [4.78, 5) is 22.9. The third kappa shape index (κ3) is 19.0. The van der Waals surface area contributed by atoms with Crippen LogP contribution in [-0.4, -0.2) is 77.4 Å². The smallest absolute Gasteiger partial charge is 0.308 e. The number of hydrogen-bond donors (Lipinski definition) is 1. The van der Waals surface area contributed by atoms with E-state index in [1.807, 2.05) is 20.8 Å². The monoisotopic (exact) mass is 363 g/mol. The second-order valence-corrected chi connectivity index (χ2v) is 6.27. The minimum Gasteiger partial charge on any atom is -0.460 e. The van der Waals surface area contributed by atoms with Crippen molar-refractivity contribution in [3.63, 3.8) is 0 Å². The van der Waals surface area contributed by atoms with Crippen LogP contribution in [0.3, 0.4) is 0 Å². The van der Waals surface area contributed by atoms with Crippen molar-refractivity contribution in [2.75, 3.05) is 59.9 Å². The minimum atomic E-state index is -0.472. The molecule has 1 N–H and O–H groups in total. The van der Waals surface area contributed by atoms with Crippen LogP contribution >= 0.6 is 0 Å². The maximum atomic E-state index is 11.5. The quantitative estimate of drug-likeness (QED) is 0.342. The zero-order valence-electron chi connectivity index (χ0n) is 15.9. The van der Waals surface area contributed by atoms with Crippen LogP contribution in [0.2, 0.25) is 0 Å². The van der Waals surface area contributed by atoms with Gasteiger partial charge in [0.05, 0.1) is 52.7 Å². The molecule has 8 heteroatoms. The van der Waals surface area contributed by atoms with Crippen molar-refractivity contribution >= 4 is 11.9 Å². The lowest BCUT2D eigenvalue weighted by molar-refractivity contribution is -0.156. The summed E-state index contributed by atoms with van der Waals surface area (Å²) >= 11 is 0. The fourth-order valence-corrected chi connectivity index (χ4v) is 1.63. The maximum absolute atomic E-state index is 11.5. The van der Waals surface area contributed by atoms with Crippen molar-refractivity contribution in [2.24, 2.45) is 0 Å². The summed E-state index contributed by atoms with van der Waals surface area (Å²) < 4.78 is 25.8. The molecule has 8 nitrogen and oxygen atoms in total. The molecule has 1 amide bonds. The summed E-state index contributed by atoms with van der Waals surface area (Å²) in [7, 11) is 1.60. The highest BCUT2D eigenvalue weighted by atomic mass is 16.6. The standard InChI is InChI=1S/C17H33NO7/c1-17(2,3)25-16(20)6-9-23-13-14-24-10-7-18-15(19)5-8-22-12-11-21-4/h5-14H2,1-4H3,(H,18,19). The number of nitrogens with one attached hydrogen (secondary N) is 1. The first kappa shape index (κ1) is 23.8. The Bertz CT molecular complexity index is 355. The highest BCUT2D eigenvalue weighted by Gasteiger charge is 2.15. The normalized spacial score (nSPS) is 11.4. The molecule has 0 fully saturated rings. The summed E-state index contributed by atoms with van der Waals surface area (Å²) in [6.45, 7) is 8.82. The SMILES string of the molecule is COCCOCCC(=O)NCCOCCOCCC(=O)OC(C)(C)C. The van der Waals surface area contributed by atoms with E-state index >= 15 is 0 Å². The van der Waals surface area contributed by atoms with E-state index in [0.29, 0.717) is 59.2 Å². The maximum Gasteiger partial charge on any atom is 0.308 e. The number of rotatable bonds is 15. The first-order valence-corrected chi connectivity index (χ1v) is 8.56. The van der Waals surface area contributed by atoms with Crippen LogP contribution in [0.25, 0.3) is 0 Å². The molecule has 0 aliphatic rings. The predicted octanol–water partition coefficient (Wildman–Crippen LogP) is 0.921. The van der Waals surface area contributed by atoms with Crippen molar-refractivity contribution in [2.45, 2.75) is 39.2 Å². The number of amides is 1. The Balaban J connectivity index is 3.30. The van der Waals surface area contributed by atoms with Gasteiger partial charge in [0.15, 0.2) is 0 Å². The molecule has 0 spiro atoms. The number of carbonyl (C=O) groups is 2. The van der Waals surface area contributed by atoms with Crippen molar-refractivity contribution in [1.29, 1.82) is 0 Å². The van der Waals surface area contributed by atoms with Crippen LogP contribution < -0.4 is 5.32 Å². The molecule has 0 aromatic heterocycles. The fourth-order valence-electron chi connectivity index (χ4n) is 1.63. The van der Waals surface area contributed by atoms with Crippen LogP contribution in [0, 0.1) is 0 Å². The second kappa shape index (κ2) is 15.1. The lowest BCUT2D eigenvalue weighted by Crippen LogP contribution is -2.28. The number of ether oxygens (including phenoxy) is 5. The van der Waals surface area contributed by atoms with E-state index in [-0.39, 0.29) is 18.3 Å². The van der Waals surface area contributed by atoms with Gasteiger partial charge in [-0.05, 0) is 20.8 Å². The highest BCUT2D eigenvalue weighted by Crippen LogP contribution is 2.07. The first-order valence-electron chi connectivity index (χ1n) is 8.56. The second-order valence-electron chi connectivity index (χ2n) is 6.27. The molecule has 0 aromatic carbocycles. The van der Waals surface area contributed by atoms with E-state index in [2.05, 4.69) is 5.32 Å². The molecule has 0 radical (unpaired) electrons. The fraction of sp³-hybridized carbons (Fsp3) is 0.882. The molecule has 0 atom stereocenters. The van der Waals surface area contributed by atoms with E-state index in [4.69, 9.17) is 23.7 Å². The van der Waals surface area contributed by atoms with Gasteiger partial charge in [0.2, 0.25) is 5.91 Å². The molecule has 0 saturated carbocycles. The third-order valence-corrected chi connectivity index (χ3v) is 2.72. The molecule has 0 unspecified atom stereocenters. The van der Waals surface area contributed by atoms with Gasteiger partial charge in [-0.1, -0.05) is 0 Å². The Morgan fingerprint density at radius 1 is 0.800 bits per heavy atom. The Morgan fingerprint density at radius 2 is 1.36 bits per heavy atom. The van der Waals surface area contributed by atoms with E-state index in [1.165, 1.54) is 0 Å². The van der Waals surface area contributed by atoms with Crippen LogP contribution in [0.15, 0.2) is 0 Å². The summed E-state index contributed by atoms with van der Waals surface area (Å²) in [5, 5.41) is 2.74. The van der Waals surface area contributed by atoms with Gasteiger partial charge in [0, 0.05) is 20.1 Å². The van der Waals surface area contributed by atoms with E-state index < -0.39 is 5.60 Å². The van der Waals surface area contributed by atoms with Crippen molar-refractivity contribution in [3.8, 4) is 0 Å². The van der Waals surface area contributed by atoms with Crippen LogP contribution in [0.1, 0.15) is 33.6 Å². The molecule has 0 bridgehead atoms. The van der Waals surface area contributed by atoms with Gasteiger partial charge in [-0.25, -0.2) is 0 Å². The first-order chi connectivity index (χ1) is 11.8. The van der Waals surface area contributed by atoms with Crippen LogP contribution in [0.4, 0.5) is 0 Å². The lowest BCUT2D eigenvalue weighted by atomic mass is 10.2. The largest absolute Gasteiger partial charge is 0.460 e. The summed E-state index contributed by atoms with van der Waals surface area (Å²) in [5.74, 6) is -0.350. The number of esters is 1. The van der Waals surface area contributed by atoms with Crippen LogP contribution in [0.5, 0.6) is 0 Å². The molecular weight excluding hydrogens is 330 g/mol. The molecule has 0 rings (SSSR count). The average Bonchev–Trinajstić information content (AvgIpc) is 2.51. The van der Waals surface area contributed by atoms with E-state index in [1.54, 1.807) is 7.11 Å². The number of methoxy groups -OCH3 is 1. The topological polar surface area (TPSA) is 92.3 Å².